The molecular weight excluding hydrogens is 280 g/mol. The summed E-state index contributed by atoms with van der Waals surface area (Å²) < 4.78 is 0. The van der Waals surface area contributed by atoms with Crippen LogP contribution >= 0.6 is 0 Å². The first-order valence-corrected chi connectivity index (χ1v) is 7.80. The Morgan fingerprint density at radius 1 is 1.27 bits per heavy atom. The summed E-state index contributed by atoms with van der Waals surface area (Å²) in [6.07, 6.45) is 4.57. The topological polar surface area (TPSA) is 69.6 Å². The number of nitrogens with zero attached hydrogens (tertiary/aromatic N) is 1. The van der Waals surface area contributed by atoms with Gasteiger partial charge in [0.2, 0.25) is 0 Å². The zero-order chi connectivity index (χ0) is 16.1. The molecule has 2 amide bonds. The van der Waals surface area contributed by atoms with Gasteiger partial charge in [-0.3, -0.25) is 0 Å². The number of nitrogens with one attached hydrogen (secondary N) is 1. The van der Waals surface area contributed by atoms with Crippen molar-refractivity contribution in [3.63, 3.8) is 0 Å². The Bertz CT molecular complexity index is 527. The molecule has 0 heterocycles. The first kappa shape index (κ1) is 16.3. The van der Waals surface area contributed by atoms with Gasteiger partial charge in [-0.1, -0.05) is 31.9 Å². The lowest BCUT2D eigenvalue weighted by Crippen LogP contribution is -2.45. The Morgan fingerprint density at radius 3 is 2.55 bits per heavy atom. The van der Waals surface area contributed by atoms with Crippen LogP contribution in [0.5, 0.6) is 0 Å². The summed E-state index contributed by atoms with van der Waals surface area (Å²) in [6.45, 7) is 2.65. The van der Waals surface area contributed by atoms with E-state index < -0.39 is 5.97 Å². The van der Waals surface area contributed by atoms with Crippen molar-refractivity contribution in [2.45, 2.75) is 45.2 Å². The number of benzene rings is 1. The van der Waals surface area contributed by atoms with E-state index in [1.165, 1.54) is 12.8 Å². The highest BCUT2D eigenvalue weighted by molar-refractivity contribution is 5.87. The van der Waals surface area contributed by atoms with Crippen LogP contribution in [0.1, 0.15) is 48.5 Å². The minimum Gasteiger partial charge on any atom is -0.478 e. The molecule has 0 aromatic heterocycles. The monoisotopic (exact) mass is 304 g/mol. The Kier molecular flexibility index (Phi) is 5.41. The number of carboxylic acids is 1. The van der Waals surface area contributed by atoms with E-state index in [-0.39, 0.29) is 11.6 Å². The number of carbonyl (C=O) groups excluding carboxylic acids is 1. The number of rotatable bonds is 4. The molecule has 2 atom stereocenters. The molecule has 1 aliphatic carbocycles. The summed E-state index contributed by atoms with van der Waals surface area (Å²) >= 11 is 0. The number of urea groups is 1. The van der Waals surface area contributed by atoms with E-state index >= 15 is 0 Å². The predicted molar refractivity (Wildman–Crippen MR) is 84.8 cm³/mol. The molecule has 2 rings (SSSR count). The predicted octanol–water partition coefficient (Wildman–Crippen LogP) is 3.10. The summed E-state index contributed by atoms with van der Waals surface area (Å²) in [5.74, 6) is -0.265. The Balaban J connectivity index is 1.85. The molecule has 0 aliphatic heterocycles. The van der Waals surface area contributed by atoms with Gasteiger partial charge in [-0.25, -0.2) is 9.59 Å². The maximum absolute atomic E-state index is 12.2. The number of hydrogen-bond acceptors (Lipinski definition) is 2. The molecule has 22 heavy (non-hydrogen) atoms. The molecule has 5 nitrogen and oxygen atoms in total. The average Bonchev–Trinajstić information content (AvgIpc) is 2.52. The molecule has 1 aliphatic rings. The number of amides is 2. The summed E-state index contributed by atoms with van der Waals surface area (Å²) in [4.78, 5) is 24.8. The van der Waals surface area contributed by atoms with Gasteiger partial charge < -0.3 is 15.3 Å². The standard InChI is InChI=1S/C17H24N2O3/c1-12-4-3-5-15(10-12)19(2)17(22)18-11-13-6-8-14(9-7-13)16(20)21/h6-9,12,15H,3-5,10-11H2,1-2H3,(H,18,22)(H,20,21). The minimum absolute atomic E-state index is 0.0681. The molecule has 0 radical (unpaired) electrons. The van der Waals surface area contributed by atoms with E-state index in [0.29, 0.717) is 18.5 Å². The quantitative estimate of drug-likeness (QED) is 0.898. The molecule has 0 bridgehead atoms. The second-order valence-electron chi connectivity index (χ2n) is 6.20. The summed E-state index contributed by atoms with van der Waals surface area (Å²) in [7, 11) is 1.85. The second kappa shape index (κ2) is 7.29. The van der Waals surface area contributed by atoms with Crippen LogP contribution in [0.25, 0.3) is 0 Å². The van der Waals surface area contributed by atoms with E-state index in [0.717, 1.165) is 18.4 Å². The molecule has 1 saturated carbocycles. The average molecular weight is 304 g/mol. The van der Waals surface area contributed by atoms with Crippen molar-refractivity contribution in [3.05, 3.63) is 35.4 Å². The van der Waals surface area contributed by atoms with E-state index in [1.54, 1.807) is 29.2 Å². The molecule has 2 unspecified atom stereocenters. The van der Waals surface area contributed by atoms with Crippen molar-refractivity contribution < 1.29 is 14.7 Å². The van der Waals surface area contributed by atoms with Crippen molar-refractivity contribution in [2.24, 2.45) is 5.92 Å². The SMILES string of the molecule is CC1CCCC(N(C)C(=O)NCc2ccc(C(=O)O)cc2)C1. The van der Waals surface area contributed by atoms with Crippen LogP contribution in [-0.4, -0.2) is 35.1 Å². The van der Waals surface area contributed by atoms with Gasteiger partial charge in [0.15, 0.2) is 0 Å². The van der Waals surface area contributed by atoms with Gasteiger partial charge in [0.05, 0.1) is 5.56 Å². The number of carbonyl (C=O) groups is 2. The molecule has 1 fully saturated rings. The Hall–Kier alpha value is -2.04. The minimum atomic E-state index is -0.943. The molecule has 120 valence electrons. The zero-order valence-electron chi connectivity index (χ0n) is 13.2. The lowest BCUT2D eigenvalue weighted by atomic mass is 9.86. The fraction of sp³-hybridized carbons (Fsp3) is 0.529. The summed E-state index contributed by atoms with van der Waals surface area (Å²) in [5, 5.41) is 11.8. The van der Waals surface area contributed by atoms with Crippen molar-refractivity contribution in [1.82, 2.24) is 10.2 Å². The highest BCUT2D eigenvalue weighted by Gasteiger charge is 2.25. The Morgan fingerprint density at radius 2 is 1.95 bits per heavy atom. The van der Waals surface area contributed by atoms with Gasteiger partial charge >= 0.3 is 12.0 Å². The van der Waals surface area contributed by atoms with Crippen molar-refractivity contribution >= 4 is 12.0 Å². The fourth-order valence-corrected chi connectivity index (χ4v) is 2.99. The molecular formula is C17H24N2O3. The number of aromatic carboxylic acids is 1. The maximum Gasteiger partial charge on any atom is 0.335 e. The Labute approximate surface area is 131 Å². The largest absolute Gasteiger partial charge is 0.478 e. The summed E-state index contributed by atoms with van der Waals surface area (Å²) in [6, 6.07) is 6.81. The van der Waals surface area contributed by atoms with Crippen LogP contribution in [0.3, 0.4) is 0 Å². The van der Waals surface area contributed by atoms with E-state index in [9.17, 15) is 9.59 Å². The van der Waals surface area contributed by atoms with Crippen LogP contribution < -0.4 is 5.32 Å². The van der Waals surface area contributed by atoms with Crippen LogP contribution in [0.2, 0.25) is 0 Å². The smallest absolute Gasteiger partial charge is 0.335 e. The van der Waals surface area contributed by atoms with Crippen LogP contribution in [0, 0.1) is 5.92 Å². The number of carboxylic acid groups (broad SMARTS) is 1. The van der Waals surface area contributed by atoms with Crippen molar-refractivity contribution in [2.75, 3.05) is 7.05 Å². The van der Waals surface area contributed by atoms with Crippen LogP contribution in [-0.2, 0) is 6.54 Å². The fourth-order valence-electron chi connectivity index (χ4n) is 2.99. The van der Waals surface area contributed by atoms with Gasteiger partial charge in [-0.15, -0.1) is 0 Å². The van der Waals surface area contributed by atoms with Crippen molar-refractivity contribution in [1.29, 1.82) is 0 Å². The lowest BCUT2D eigenvalue weighted by molar-refractivity contribution is 0.0697. The third-order valence-corrected chi connectivity index (χ3v) is 4.42. The molecule has 0 spiro atoms. The highest BCUT2D eigenvalue weighted by atomic mass is 16.4. The van der Waals surface area contributed by atoms with E-state index in [2.05, 4.69) is 12.2 Å². The molecule has 1 aromatic rings. The molecule has 5 heteroatoms. The highest BCUT2D eigenvalue weighted by Crippen LogP contribution is 2.26. The van der Waals surface area contributed by atoms with Gasteiger partial charge in [0.1, 0.15) is 0 Å². The van der Waals surface area contributed by atoms with Crippen LogP contribution in [0.15, 0.2) is 24.3 Å². The van der Waals surface area contributed by atoms with Crippen LogP contribution in [0.4, 0.5) is 4.79 Å². The maximum atomic E-state index is 12.2. The van der Waals surface area contributed by atoms with Crippen molar-refractivity contribution in [3.8, 4) is 0 Å². The second-order valence-corrected chi connectivity index (χ2v) is 6.20. The van der Waals surface area contributed by atoms with Gasteiger partial charge in [0.25, 0.3) is 0 Å². The molecule has 1 aromatic carbocycles. The first-order chi connectivity index (χ1) is 10.5. The third-order valence-electron chi connectivity index (χ3n) is 4.42. The van der Waals surface area contributed by atoms with Gasteiger partial charge in [-0.05, 0) is 36.5 Å². The van der Waals surface area contributed by atoms with Gasteiger partial charge in [0, 0.05) is 19.6 Å². The lowest BCUT2D eigenvalue weighted by Gasteiger charge is -2.34. The molecule has 2 N–H and O–H groups in total. The third kappa shape index (κ3) is 4.23. The normalized spacial score (nSPS) is 21.2. The van der Waals surface area contributed by atoms with E-state index in [4.69, 9.17) is 5.11 Å². The van der Waals surface area contributed by atoms with Gasteiger partial charge in [-0.2, -0.15) is 0 Å². The molecule has 0 saturated heterocycles. The first-order valence-electron chi connectivity index (χ1n) is 7.80. The number of hydrogen-bond donors (Lipinski definition) is 2. The van der Waals surface area contributed by atoms with E-state index in [1.807, 2.05) is 7.05 Å². The zero-order valence-corrected chi connectivity index (χ0v) is 13.2. The summed E-state index contributed by atoms with van der Waals surface area (Å²) in [5.41, 5.74) is 1.15.